The van der Waals surface area contributed by atoms with Crippen LogP contribution in [0, 0.1) is 6.92 Å². The van der Waals surface area contributed by atoms with E-state index in [2.05, 4.69) is 31.2 Å². The Balaban J connectivity index is 1.70. The minimum Gasteiger partial charge on any atom is -0.203 e. The fourth-order valence-electron chi connectivity index (χ4n) is 4.76. The van der Waals surface area contributed by atoms with Gasteiger partial charge in [-0.25, -0.2) is 3.63 Å². The molecule has 3 nitrogen and oxygen atoms in total. The van der Waals surface area contributed by atoms with Gasteiger partial charge < -0.3 is 0 Å². The zero-order chi connectivity index (χ0) is 27.6. The highest BCUT2D eigenvalue weighted by Gasteiger charge is 2.38. The summed E-state index contributed by atoms with van der Waals surface area (Å²) >= 11 is 0. The lowest BCUT2D eigenvalue weighted by atomic mass is 10.0. The number of rotatable bonds is 14. The van der Waals surface area contributed by atoms with Gasteiger partial charge in [0.25, 0.3) is 0 Å². The molecule has 206 valence electrons. The van der Waals surface area contributed by atoms with Gasteiger partial charge in [0.15, 0.2) is 0 Å². The highest BCUT2D eigenvalue weighted by Crippen LogP contribution is 2.70. The molecule has 0 N–H and O–H groups in total. The second kappa shape index (κ2) is 14.0. The van der Waals surface area contributed by atoms with Crippen molar-refractivity contribution in [1.29, 1.82) is 0 Å². The molecule has 0 atom stereocenters. The van der Waals surface area contributed by atoms with Crippen LogP contribution in [0.1, 0.15) is 63.0 Å². The summed E-state index contributed by atoms with van der Waals surface area (Å²) < 4.78 is 34.1. The molecule has 0 saturated carbocycles. The fourth-order valence-corrected chi connectivity index (χ4v) is 9.98. The van der Waals surface area contributed by atoms with Crippen LogP contribution in [0.15, 0.2) is 129 Å². The van der Waals surface area contributed by atoms with E-state index in [0.717, 1.165) is 26.7 Å². The Morgan fingerprint density at radius 3 is 1.54 bits per heavy atom. The average molecular weight is 561 g/mol. The van der Waals surface area contributed by atoms with E-state index in [0.29, 0.717) is 0 Å². The van der Waals surface area contributed by atoms with E-state index >= 15 is 0 Å². The molecule has 39 heavy (non-hydrogen) atoms. The van der Waals surface area contributed by atoms with Crippen LogP contribution in [-0.2, 0) is 20.2 Å². The van der Waals surface area contributed by atoms with Crippen molar-refractivity contribution in [3.63, 3.8) is 0 Å². The van der Waals surface area contributed by atoms with Crippen molar-refractivity contribution in [3.05, 3.63) is 120 Å². The van der Waals surface area contributed by atoms with Gasteiger partial charge in [0.05, 0.1) is 4.90 Å². The van der Waals surface area contributed by atoms with E-state index in [9.17, 15) is 8.42 Å². The third kappa shape index (κ3) is 7.42. The summed E-state index contributed by atoms with van der Waals surface area (Å²) in [5.74, 6) is 0. The van der Waals surface area contributed by atoms with Gasteiger partial charge in [-0.2, -0.15) is 8.42 Å². The number of unbranched alkanes of at least 4 members (excludes halogenated alkanes) is 6. The summed E-state index contributed by atoms with van der Waals surface area (Å²) in [6.45, 7) is 4.19. The minimum atomic E-state index is -4.08. The van der Waals surface area contributed by atoms with Crippen molar-refractivity contribution in [2.45, 2.75) is 84.8 Å². The Morgan fingerprint density at radius 1 is 0.538 bits per heavy atom. The van der Waals surface area contributed by atoms with Gasteiger partial charge >= 0.3 is 10.1 Å². The minimum absolute atomic E-state index is 0.160. The zero-order valence-corrected chi connectivity index (χ0v) is 24.7. The SMILES string of the molecule is CCCCCCCCCc1ccc(S(OS(=O)(=O)c2ccc(C)cc2)(c2ccccc2)c2ccccc2)cc1. The molecule has 0 spiro atoms. The second-order valence-corrected chi connectivity index (χ2v) is 14.5. The van der Waals surface area contributed by atoms with Crippen LogP contribution >= 0.6 is 10.3 Å². The van der Waals surface area contributed by atoms with Crippen molar-refractivity contribution in [3.8, 4) is 0 Å². The lowest BCUT2D eigenvalue weighted by molar-refractivity contribution is 0.508. The molecule has 4 rings (SSSR count). The first-order valence-electron chi connectivity index (χ1n) is 14.0. The van der Waals surface area contributed by atoms with Gasteiger partial charge in [0, 0.05) is 14.7 Å². The second-order valence-electron chi connectivity index (χ2n) is 10.0. The highest BCUT2D eigenvalue weighted by atomic mass is 32.3. The van der Waals surface area contributed by atoms with Gasteiger partial charge in [0.1, 0.15) is 0 Å². The van der Waals surface area contributed by atoms with Crippen LogP contribution in [0.5, 0.6) is 0 Å². The van der Waals surface area contributed by atoms with Gasteiger partial charge in [-0.1, -0.05) is 112 Å². The number of hydrogen-bond acceptors (Lipinski definition) is 3. The predicted octanol–water partition coefficient (Wildman–Crippen LogP) is 9.89. The predicted molar refractivity (Wildman–Crippen MR) is 163 cm³/mol. The van der Waals surface area contributed by atoms with Crippen LogP contribution in [0.2, 0.25) is 0 Å². The van der Waals surface area contributed by atoms with Crippen molar-refractivity contribution < 1.29 is 12.0 Å². The molecule has 0 saturated heterocycles. The van der Waals surface area contributed by atoms with E-state index in [1.165, 1.54) is 50.5 Å². The standard InChI is InChI=1S/C34H40O3S2/c1-3-4-5-6-7-8-11-16-30-23-27-33(28-24-30)38(31-17-12-9-13-18-31,32-19-14-10-15-20-32)37-39(35,36)34-25-21-29(2)22-26-34/h9-10,12-15,17-28H,3-8,11,16H2,1-2H3. The molecule has 0 radical (unpaired) electrons. The van der Waals surface area contributed by atoms with Crippen molar-refractivity contribution in [2.75, 3.05) is 0 Å². The largest absolute Gasteiger partial charge is 0.307 e. The summed E-state index contributed by atoms with van der Waals surface area (Å²) in [6.07, 6.45) is 9.98. The maximum absolute atomic E-state index is 13.8. The highest BCUT2D eigenvalue weighted by molar-refractivity contribution is 8.33. The van der Waals surface area contributed by atoms with Gasteiger partial charge in [0.2, 0.25) is 0 Å². The lowest BCUT2D eigenvalue weighted by Gasteiger charge is -2.39. The Bertz CT molecular complexity index is 1340. The molecule has 0 heterocycles. The Morgan fingerprint density at radius 2 is 1.00 bits per heavy atom. The zero-order valence-electron chi connectivity index (χ0n) is 23.1. The number of aryl methyl sites for hydroxylation is 2. The summed E-state index contributed by atoms with van der Waals surface area (Å²) in [5, 5.41) is 0. The molecule has 0 aliphatic heterocycles. The van der Waals surface area contributed by atoms with E-state index in [-0.39, 0.29) is 4.90 Å². The van der Waals surface area contributed by atoms with Crippen LogP contribution in [-0.4, -0.2) is 8.42 Å². The van der Waals surface area contributed by atoms with E-state index in [4.69, 9.17) is 3.63 Å². The van der Waals surface area contributed by atoms with Gasteiger partial charge in [-0.05, 0) is 84.2 Å². The quantitative estimate of drug-likeness (QED) is 0.144. The molecule has 0 amide bonds. The van der Waals surface area contributed by atoms with Gasteiger partial charge in [-0.15, -0.1) is 0 Å². The molecular formula is C34H40O3S2. The van der Waals surface area contributed by atoms with Crippen molar-refractivity contribution in [2.24, 2.45) is 0 Å². The third-order valence-electron chi connectivity index (χ3n) is 6.98. The molecule has 0 fully saturated rings. The van der Waals surface area contributed by atoms with Crippen molar-refractivity contribution >= 4 is 20.4 Å². The molecule has 4 aromatic carbocycles. The summed E-state index contributed by atoms with van der Waals surface area (Å²) in [5.41, 5.74) is 2.26. The lowest BCUT2D eigenvalue weighted by Crippen LogP contribution is -2.14. The molecule has 0 unspecified atom stereocenters. The first kappa shape index (κ1) is 29.1. The van der Waals surface area contributed by atoms with Crippen molar-refractivity contribution in [1.82, 2.24) is 0 Å². The fraction of sp³-hybridized carbons (Fsp3) is 0.294. The monoisotopic (exact) mass is 560 g/mol. The molecule has 4 aromatic rings. The Kier molecular flexibility index (Phi) is 10.4. The summed E-state index contributed by atoms with van der Waals surface area (Å²) in [6, 6.07) is 34.8. The number of hydrogen-bond donors (Lipinski definition) is 0. The van der Waals surface area contributed by atoms with Gasteiger partial charge in [-0.3, -0.25) is 0 Å². The van der Waals surface area contributed by atoms with Crippen LogP contribution in [0.25, 0.3) is 0 Å². The van der Waals surface area contributed by atoms with E-state index in [1.54, 1.807) is 24.3 Å². The molecule has 0 bridgehead atoms. The maximum atomic E-state index is 13.8. The molecule has 0 aliphatic rings. The first-order chi connectivity index (χ1) is 19.0. The van der Waals surface area contributed by atoms with E-state index < -0.39 is 20.4 Å². The third-order valence-corrected chi connectivity index (χ3v) is 12.2. The summed E-state index contributed by atoms with van der Waals surface area (Å²) in [4.78, 5) is 2.70. The first-order valence-corrected chi connectivity index (χ1v) is 17.0. The van der Waals surface area contributed by atoms with Crippen LogP contribution < -0.4 is 0 Å². The van der Waals surface area contributed by atoms with Crippen LogP contribution in [0.3, 0.4) is 0 Å². The van der Waals surface area contributed by atoms with Crippen LogP contribution in [0.4, 0.5) is 0 Å². The summed E-state index contributed by atoms with van der Waals surface area (Å²) in [7, 11) is -6.67. The normalized spacial score (nSPS) is 12.4. The Hall–Kier alpha value is -2.86. The average Bonchev–Trinajstić information content (AvgIpc) is 2.97. The van der Waals surface area contributed by atoms with E-state index in [1.807, 2.05) is 67.6 Å². The molecular weight excluding hydrogens is 521 g/mol. The maximum Gasteiger partial charge on any atom is 0.307 e. The number of benzene rings is 4. The molecule has 0 aromatic heterocycles. The Labute approximate surface area is 236 Å². The topological polar surface area (TPSA) is 43.4 Å². The smallest absolute Gasteiger partial charge is 0.203 e. The molecule has 5 heteroatoms. The molecule has 0 aliphatic carbocycles.